The van der Waals surface area contributed by atoms with Crippen LogP contribution in [0, 0.1) is 0 Å². The lowest BCUT2D eigenvalue weighted by Crippen LogP contribution is -1.96. The normalized spacial score (nSPS) is 11.3. The van der Waals surface area contributed by atoms with Gasteiger partial charge < -0.3 is 13.9 Å². The van der Waals surface area contributed by atoms with Crippen molar-refractivity contribution in [3.8, 4) is 34.1 Å². The minimum absolute atomic E-state index is 0.245. The number of rotatable bonds is 7. The molecule has 0 aliphatic carbocycles. The van der Waals surface area contributed by atoms with Gasteiger partial charge in [-0.15, -0.1) is 0 Å². The Morgan fingerprint density at radius 1 is 0.844 bits per heavy atom. The Kier molecular flexibility index (Phi) is 6.01. The van der Waals surface area contributed by atoms with Crippen molar-refractivity contribution in [2.24, 2.45) is 0 Å². The summed E-state index contributed by atoms with van der Waals surface area (Å²) >= 11 is 0. The van der Waals surface area contributed by atoms with Gasteiger partial charge in [-0.05, 0) is 42.0 Å². The quantitative estimate of drug-likeness (QED) is 0.394. The summed E-state index contributed by atoms with van der Waals surface area (Å²) in [6.45, 7) is 0. The van der Waals surface area contributed by atoms with E-state index in [-0.39, 0.29) is 4.90 Å². The molecule has 32 heavy (non-hydrogen) atoms. The Morgan fingerprint density at radius 2 is 1.47 bits per heavy atom. The topological polar surface area (TPSA) is 78.6 Å². The second kappa shape index (κ2) is 8.88. The Hall–Kier alpha value is -3.58. The van der Waals surface area contributed by atoms with Gasteiger partial charge >= 0.3 is 0 Å². The molecule has 164 valence electrons. The van der Waals surface area contributed by atoms with E-state index in [1.165, 1.54) is 6.26 Å². The molecule has 0 unspecified atom stereocenters. The zero-order valence-electron chi connectivity index (χ0n) is 18.0. The molecule has 0 fully saturated rings. The van der Waals surface area contributed by atoms with Crippen molar-refractivity contribution < 1.29 is 22.3 Å². The van der Waals surface area contributed by atoms with E-state index in [2.05, 4.69) is 0 Å². The van der Waals surface area contributed by atoms with Gasteiger partial charge in [-0.25, -0.2) is 13.4 Å². The number of methoxy groups -OCH3 is 2. The van der Waals surface area contributed by atoms with E-state index in [4.69, 9.17) is 18.9 Å². The highest BCUT2D eigenvalue weighted by Gasteiger charge is 2.19. The fourth-order valence-electron chi connectivity index (χ4n) is 3.40. The average molecular weight is 450 g/mol. The van der Waals surface area contributed by atoms with Crippen molar-refractivity contribution in [1.29, 1.82) is 0 Å². The van der Waals surface area contributed by atoms with Gasteiger partial charge in [-0.1, -0.05) is 30.3 Å². The van der Waals surface area contributed by atoms with Gasteiger partial charge in [0.05, 0.1) is 19.1 Å². The summed E-state index contributed by atoms with van der Waals surface area (Å²) in [5.74, 6) is 2.36. The summed E-state index contributed by atoms with van der Waals surface area (Å²) in [6.07, 6.45) is 1.71. The van der Waals surface area contributed by atoms with Crippen LogP contribution in [0.15, 0.2) is 82.1 Å². The van der Waals surface area contributed by atoms with Crippen LogP contribution in [0.2, 0.25) is 0 Å². The van der Waals surface area contributed by atoms with Crippen LogP contribution in [0.1, 0.15) is 11.5 Å². The number of nitrogens with zero attached hydrogens (tertiary/aromatic N) is 1. The van der Waals surface area contributed by atoms with E-state index in [0.717, 1.165) is 16.7 Å². The fraction of sp³-hybridized carbons (Fsp3) is 0.160. The van der Waals surface area contributed by atoms with Crippen molar-refractivity contribution in [3.63, 3.8) is 0 Å². The molecule has 6 nitrogen and oxygen atoms in total. The molecule has 0 spiro atoms. The van der Waals surface area contributed by atoms with Gasteiger partial charge in [0.15, 0.2) is 21.5 Å². The molecule has 4 rings (SSSR count). The SMILES string of the molecule is COc1cc(OC)cc(-c2nc(Cc3ccccc3)oc2-c2ccc(S(C)(=O)=O)cc2)c1. The summed E-state index contributed by atoms with van der Waals surface area (Å²) in [5, 5.41) is 0. The first kappa shape index (κ1) is 21.6. The second-order valence-corrected chi connectivity index (χ2v) is 9.36. The van der Waals surface area contributed by atoms with Crippen molar-refractivity contribution in [2.75, 3.05) is 20.5 Å². The molecule has 0 saturated carbocycles. The van der Waals surface area contributed by atoms with E-state index >= 15 is 0 Å². The van der Waals surface area contributed by atoms with Crippen LogP contribution in [-0.4, -0.2) is 33.9 Å². The molecular weight excluding hydrogens is 426 g/mol. The maximum Gasteiger partial charge on any atom is 0.199 e. The van der Waals surface area contributed by atoms with E-state index in [0.29, 0.717) is 35.3 Å². The summed E-state index contributed by atoms with van der Waals surface area (Å²) in [7, 11) is -0.116. The molecular formula is C25H23NO5S. The highest BCUT2D eigenvalue weighted by atomic mass is 32.2. The van der Waals surface area contributed by atoms with Crippen molar-refractivity contribution in [1.82, 2.24) is 4.98 Å². The molecule has 0 aliphatic heterocycles. The number of hydrogen-bond acceptors (Lipinski definition) is 6. The minimum Gasteiger partial charge on any atom is -0.497 e. The summed E-state index contributed by atoms with van der Waals surface area (Å²) in [4.78, 5) is 5.02. The number of ether oxygens (including phenoxy) is 2. The largest absolute Gasteiger partial charge is 0.497 e. The maximum atomic E-state index is 11.9. The first-order valence-electron chi connectivity index (χ1n) is 9.95. The number of hydrogen-bond donors (Lipinski definition) is 0. The standard InChI is InChI=1S/C25H23NO5S/c1-29-20-14-19(15-21(16-20)30-2)24-25(18-9-11-22(12-10-18)32(3,27)28)31-23(26-24)13-17-7-5-4-6-8-17/h4-12,14-16H,13H2,1-3H3. The maximum absolute atomic E-state index is 11.9. The van der Waals surface area contributed by atoms with Crippen LogP contribution in [0.3, 0.4) is 0 Å². The molecule has 0 aliphatic rings. The molecule has 0 bridgehead atoms. The Bertz CT molecular complexity index is 1300. The van der Waals surface area contributed by atoms with Crippen LogP contribution in [0.5, 0.6) is 11.5 Å². The molecule has 0 N–H and O–H groups in total. The van der Waals surface area contributed by atoms with Crippen LogP contribution in [0.25, 0.3) is 22.6 Å². The van der Waals surface area contributed by atoms with Gasteiger partial charge in [0.25, 0.3) is 0 Å². The van der Waals surface area contributed by atoms with Crippen molar-refractivity contribution in [3.05, 3.63) is 84.3 Å². The summed E-state index contributed by atoms with van der Waals surface area (Å²) < 4.78 is 40.7. The Labute approximate surface area is 187 Å². The third-order valence-electron chi connectivity index (χ3n) is 5.04. The molecule has 7 heteroatoms. The first-order chi connectivity index (χ1) is 15.4. The molecule has 4 aromatic rings. The zero-order valence-corrected chi connectivity index (χ0v) is 18.8. The molecule has 1 aromatic heterocycles. The Morgan fingerprint density at radius 3 is 2.03 bits per heavy atom. The molecule has 0 saturated heterocycles. The van der Waals surface area contributed by atoms with E-state index < -0.39 is 9.84 Å². The van der Waals surface area contributed by atoms with Gasteiger partial charge in [0, 0.05) is 29.9 Å². The van der Waals surface area contributed by atoms with Crippen LogP contribution in [-0.2, 0) is 16.3 Å². The van der Waals surface area contributed by atoms with E-state index in [9.17, 15) is 8.42 Å². The molecule has 0 atom stereocenters. The van der Waals surface area contributed by atoms with Crippen molar-refractivity contribution in [2.45, 2.75) is 11.3 Å². The van der Waals surface area contributed by atoms with Gasteiger partial charge in [-0.3, -0.25) is 0 Å². The van der Waals surface area contributed by atoms with Crippen LogP contribution in [0.4, 0.5) is 0 Å². The molecule has 1 heterocycles. The van der Waals surface area contributed by atoms with E-state index in [1.54, 1.807) is 44.6 Å². The lowest BCUT2D eigenvalue weighted by atomic mass is 10.1. The van der Waals surface area contributed by atoms with Gasteiger partial charge in [0.1, 0.15) is 17.2 Å². The highest BCUT2D eigenvalue weighted by molar-refractivity contribution is 7.90. The summed E-state index contributed by atoms with van der Waals surface area (Å²) in [6, 6.07) is 22.0. The second-order valence-electron chi connectivity index (χ2n) is 7.35. The smallest absolute Gasteiger partial charge is 0.199 e. The Balaban J connectivity index is 1.84. The average Bonchev–Trinajstić information content (AvgIpc) is 3.22. The van der Waals surface area contributed by atoms with E-state index in [1.807, 2.05) is 42.5 Å². The summed E-state index contributed by atoms with van der Waals surface area (Å²) in [5.41, 5.74) is 3.19. The lowest BCUT2D eigenvalue weighted by molar-refractivity contribution is 0.394. The molecule has 0 radical (unpaired) electrons. The van der Waals surface area contributed by atoms with Crippen molar-refractivity contribution >= 4 is 9.84 Å². The third kappa shape index (κ3) is 4.68. The molecule has 3 aromatic carbocycles. The minimum atomic E-state index is -3.30. The third-order valence-corrected chi connectivity index (χ3v) is 6.17. The number of benzene rings is 3. The predicted octanol–water partition coefficient (Wildman–Crippen LogP) is 5.02. The number of oxazole rings is 1. The van der Waals surface area contributed by atoms with Gasteiger partial charge in [-0.2, -0.15) is 0 Å². The highest BCUT2D eigenvalue weighted by Crippen LogP contribution is 2.37. The number of sulfone groups is 1. The fourth-order valence-corrected chi connectivity index (χ4v) is 4.03. The zero-order chi connectivity index (χ0) is 22.7. The number of aromatic nitrogens is 1. The molecule has 0 amide bonds. The first-order valence-corrected chi connectivity index (χ1v) is 11.8. The van der Waals surface area contributed by atoms with Gasteiger partial charge in [0.2, 0.25) is 0 Å². The van der Waals surface area contributed by atoms with Crippen LogP contribution < -0.4 is 9.47 Å². The monoisotopic (exact) mass is 449 g/mol. The van der Waals surface area contributed by atoms with Crippen LogP contribution >= 0.6 is 0 Å². The predicted molar refractivity (Wildman–Crippen MR) is 123 cm³/mol. The lowest BCUT2D eigenvalue weighted by Gasteiger charge is -2.08.